The number of halogens is 2. The Morgan fingerprint density at radius 2 is 2.11 bits per heavy atom. The SMILES string of the molecule is NCCC(c1ccn2ccnc2c1)N1CCOC(c2ccc(Cl)cc2Cl)C1. The minimum Gasteiger partial charge on any atom is -0.371 e. The molecule has 3 aromatic rings. The number of hydrogen-bond donors (Lipinski definition) is 1. The Kier molecular flexibility index (Phi) is 5.66. The number of benzene rings is 1. The highest BCUT2D eigenvalue weighted by Crippen LogP contribution is 2.34. The molecule has 0 saturated carbocycles. The number of morpholine rings is 1. The Bertz CT molecular complexity index is 929. The number of hydrogen-bond acceptors (Lipinski definition) is 4. The molecule has 0 aliphatic carbocycles. The van der Waals surface area contributed by atoms with Gasteiger partial charge in [0.1, 0.15) is 5.65 Å². The molecule has 2 atom stereocenters. The van der Waals surface area contributed by atoms with Crippen LogP contribution in [0, 0.1) is 0 Å². The molecular weight excluding hydrogens is 383 g/mol. The predicted octanol–water partition coefficient (Wildman–Crippen LogP) is 4.10. The lowest BCUT2D eigenvalue weighted by Crippen LogP contribution is -2.41. The topological polar surface area (TPSA) is 55.8 Å². The van der Waals surface area contributed by atoms with Gasteiger partial charge in [-0.05, 0) is 42.8 Å². The Morgan fingerprint density at radius 3 is 2.93 bits per heavy atom. The molecule has 3 heterocycles. The van der Waals surface area contributed by atoms with E-state index in [4.69, 9.17) is 33.7 Å². The number of nitrogens with two attached hydrogens (primary N) is 1. The van der Waals surface area contributed by atoms with E-state index >= 15 is 0 Å². The molecule has 0 radical (unpaired) electrons. The lowest BCUT2D eigenvalue weighted by molar-refractivity contribution is -0.0464. The zero-order valence-electron chi connectivity index (χ0n) is 14.9. The number of rotatable bonds is 5. The summed E-state index contributed by atoms with van der Waals surface area (Å²) in [5.74, 6) is 0. The molecule has 2 aromatic heterocycles. The van der Waals surface area contributed by atoms with Crippen molar-refractivity contribution in [2.45, 2.75) is 18.6 Å². The van der Waals surface area contributed by atoms with Crippen molar-refractivity contribution in [3.8, 4) is 0 Å². The van der Waals surface area contributed by atoms with Crippen molar-refractivity contribution in [3.05, 3.63) is 70.1 Å². The monoisotopic (exact) mass is 404 g/mol. The Balaban J connectivity index is 1.60. The van der Waals surface area contributed by atoms with Gasteiger partial charge in [0.25, 0.3) is 0 Å². The van der Waals surface area contributed by atoms with Gasteiger partial charge in [0.2, 0.25) is 0 Å². The van der Waals surface area contributed by atoms with E-state index in [1.54, 1.807) is 6.07 Å². The van der Waals surface area contributed by atoms with Crippen LogP contribution in [-0.4, -0.2) is 40.5 Å². The fourth-order valence-corrected chi connectivity index (χ4v) is 4.28. The maximum atomic E-state index is 6.41. The normalized spacial score (nSPS) is 19.4. The zero-order valence-corrected chi connectivity index (χ0v) is 16.4. The predicted molar refractivity (Wildman–Crippen MR) is 108 cm³/mol. The second-order valence-corrected chi connectivity index (χ2v) is 7.61. The second-order valence-electron chi connectivity index (χ2n) is 6.77. The third kappa shape index (κ3) is 3.98. The number of pyridine rings is 1. The first-order valence-electron chi connectivity index (χ1n) is 9.09. The van der Waals surface area contributed by atoms with Gasteiger partial charge in [-0.2, -0.15) is 0 Å². The Morgan fingerprint density at radius 1 is 1.22 bits per heavy atom. The Hall–Kier alpha value is -1.63. The second kappa shape index (κ2) is 8.17. The van der Waals surface area contributed by atoms with E-state index in [-0.39, 0.29) is 12.1 Å². The van der Waals surface area contributed by atoms with Crippen LogP contribution in [0.15, 0.2) is 48.9 Å². The maximum absolute atomic E-state index is 6.41. The highest BCUT2D eigenvalue weighted by atomic mass is 35.5. The van der Waals surface area contributed by atoms with E-state index in [0.29, 0.717) is 23.2 Å². The molecule has 7 heteroatoms. The summed E-state index contributed by atoms with van der Waals surface area (Å²) in [5, 5.41) is 1.27. The van der Waals surface area contributed by atoms with Gasteiger partial charge in [-0.1, -0.05) is 29.3 Å². The summed E-state index contributed by atoms with van der Waals surface area (Å²) in [4.78, 5) is 6.84. The molecule has 1 aromatic carbocycles. The van der Waals surface area contributed by atoms with E-state index in [1.165, 1.54) is 5.56 Å². The summed E-state index contributed by atoms with van der Waals surface area (Å²) in [6.07, 6.45) is 6.60. The molecule has 4 rings (SSSR count). The summed E-state index contributed by atoms with van der Waals surface area (Å²) in [6, 6.07) is 10.1. The number of nitrogens with zero attached hydrogens (tertiary/aromatic N) is 3. The lowest BCUT2D eigenvalue weighted by Gasteiger charge is -2.39. The van der Waals surface area contributed by atoms with Gasteiger partial charge in [-0.15, -0.1) is 0 Å². The molecule has 1 fully saturated rings. The van der Waals surface area contributed by atoms with Crippen LogP contribution in [-0.2, 0) is 4.74 Å². The smallest absolute Gasteiger partial charge is 0.136 e. The molecule has 0 bridgehead atoms. The molecule has 142 valence electrons. The van der Waals surface area contributed by atoms with Gasteiger partial charge < -0.3 is 14.9 Å². The molecular formula is C20H22Cl2N4O. The van der Waals surface area contributed by atoms with Crippen LogP contribution in [0.2, 0.25) is 10.0 Å². The van der Waals surface area contributed by atoms with Crippen LogP contribution in [0.3, 0.4) is 0 Å². The van der Waals surface area contributed by atoms with Crippen molar-refractivity contribution in [1.29, 1.82) is 0 Å². The van der Waals surface area contributed by atoms with Crippen LogP contribution in [0.5, 0.6) is 0 Å². The third-order valence-electron chi connectivity index (χ3n) is 5.09. The zero-order chi connectivity index (χ0) is 18.8. The number of imidazole rings is 1. The van der Waals surface area contributed by atoms with Crippen LogP contribution in [0.1, 0.15) is 29.7 Å². The molecule has 5 nitrogen and oxygen atoms in total. The third-order valence-corrected chi connectivity index (χ3v) is 5.66. The number of aromatic nitrogens is 2. The minimum absolute atomic E-state index is 0.0843. The fourth-order valence-electron chi connectivity index (χ4n) is 3.75. The molecule has 1 aliphatic heterocycles. The molecule has 1 saturated heterocycles. The average Bonchev–Trinajstić information content (AvgIpc) is 3.14. The van der Waals surface area contributed by atoms with Crippen molar-refractivity contribution in [2.75, 3.05) is 26.2 Å². The molecule has 0 amide bonds. The van der Waals surface area contributed by atoms with E-state index in [0.717, 1.165) is 30.7 Å². The lowest BCUT2D eigenvalue weighted by atomic mass is 10.00. The first-order chi connectivity index (χ1) is 13.2. The van der Waals surface area contributed by atoms with Crippen molar-refractivity contribution >= 4 is 28.8 Å². The van der Waals surface area contributed by atoms with Gasteiger partial charge in [0, 0.05) is 53.3 Å². The van der Waals surface area contributed by atoms with E-state index < -0.39 is 0 Å². The van der Waals surface area contributed by atoms with Crippen LogP contribution in [0.25, 0.3) is 5.65 Å². The highest BCUT2D eigenvalue weighted by Gasteiger charge is 2.29. The molecule has 27 heavy (non-hydrogen) atoms. The van der Waals surface area contributed by atoms with Gasteiger partial charge >= 0.3 is 0 Å². The Labute approximate surface area is 168 Å². The van der Waals surface area contributed by atoms with Crippen LogP contribution in [0.4, 0.5) is 0 Å². The van der Waals surface area contributed by atoms with Gasteiger partial charge in [-0.3, -0.25) is 4.90 Å². The molecule has 2 unspecified atom stereocenters. The van der Waals surface area contributed by atoms with Crippen molar-refractivity contribution in [3.63, 3.8) is 0 Å². The average molecular weight is 405 g/mol. The first-order valence-corrected chi connectivity index (χ1v) is 9.84. The summed E-state index contributed by atoms with van der Waals surface area (Å²) < 4.78 is 8.03. The quantitative estimate of drug-likeness (QED) is 0.694. The van der Waals surface area contributed by atoms with Crippen LogP contribution < -0.4 is 5.73 Å². The molecule has 2 N–H and O–H groups in total. The first kappa shape index (κ1) is 18.7. The number of fused-ring (bicyclic) bond motifs is 1. The maximum Gasteiger partial charge on any atom is 0.136 e. The van der Waals surface area contributed by atoms with Gasteiger partial charge in [-0.25, -0.2) is 4.98 Å². The van der Waals surface area contributed by atoms with Crippen molar-refractivity contribution in [1.82, 2.24) is 14.3 Å². The van der Waals surface area contributed by atoms with E-state index in [1.807, 2.05) is 28.9 Å². The van der Waals surface area contributed by atoms with Gasteiger partial charge in [0.05, 0.1) is 12.7 Å². The van der Waals surface area contributed by atoms with Crippen molar-refractivity contribution < 1.29 is 4.74 Å². The summed E-state index contributed by atoms with van der Waals surface area (Å²) in [6.45, 7) is 2.88. The molecule has 1 aliphatic rings. The standard InChI is InChI=1S/C20H22Cl2N4O/c21-15-1-2-16(17(22)12-15)19-13-26(9-10-27-19)18(3-5-23)14-4-7-25-8-6-24-20(25)11-14/h1-2,4,6-8,11-12,18-19H,3,5,9-10,13,23H2. The number of ether oxygens (including phenoxy) is 1. The van der Waals surface area contributed by atoms with Gasteiger partial charge in [0.15, 0.2) is 0 Å². The summed E-state index contributed by atoms with van der Waals surface area (Å²) in [7, 11) is 0. The van der Waals surface area contributed by atoms with Crippen LogP contribution >= 0.6 is 23.2 Å². The highest BCUT2D eigenvalue weighted by molar-refractivity contribution is 6.35. The molecule has 0 spiro atoms. The largest absolute Gasteiger partial charge is 0.371 e. The fraction of sp³-hybridized carbons (Fsp3) is 0.350. The van der Waals surface area contributed by atoms with Crippen molar-refractivity contribution in [2.24, 2.45) is 5.73 Å². The summed E-state index contributed by atoms with van der Waals surface area (Å²) >= 11 is 12.4. The van der Waals surface area contributed by atoms with E-state index in [9.17, 15) is 0 Å². The minimum atomic E-state index is -0.0843. The summed E-state index contributed by atoms with van der Waals surface area (Å²) in [5.41, 5.74) is 9.08. The van der Waals surface area contributed by atoms with E-state index in [2.05, 4.69) is 28.2 Å².